The molecule has 0 atom stereocenters. The van der Waals surface area contributed by atoms with Crippen LogP contribution in [0.4, 0.5) is 4.39 Å². The van der Waals surface area contributed by atoms with Crippen molar-refractivity contribution in [1.82, 2.24) is 14.5 Å². The lowest BCUT2D eigenvalue weighted by atomic mass is 9.94. The molecule has 0 unspecified atom stereocenters. The average molecular weight is 369 g/mol. The van der Waals surface area contributed by atoms with Gasteiger partial charge in [0.05, 0.1) is 5.69 Å². The summed E-state index contributed by atoms with van der Waals surface area (Å²) in [6, 6.07) is 5.61. The molecule has 128 valence electrons. The summed E-state index contributed by atoms with van der Waals surface area (Å²) in [5.74, 6) is -0.695. The normalized spacial score (nSPS) is 16.3. The van der Waals surface area contributed by atoms with Crippen molar-refractivity contribution in [2.75, 3.05) is 19.3 Å². The summed E-state index contributed by atoms with van der Waals surface area (Å²) >= 11 is 0.884. The third-order valence-corrected chi connectivity index (χ3v) is 6.61. The number of piperidine rings is 1. The SMILES string of the molecule is CS(=O)(=O)c1snnc1C1CCN(C(=O)c2cccc(F)c2)CC1. The summed E-state index contributed by atoms with van der Waals surface area (Å²) in [6.07, 6.45) is 2.36. The minimum Gasteiger partial charge on any atom is -0.339 e. The first kappa shape index (κ1) is 17.0. The van der Waals surface area contributed by atoms with E-state index in [9.17, 15) is 17.6 Å². The molecule has 1 saturated heterocycles. The first-order valence-electron chi connectivity index (χ1n) is 7.43. The molecule has 0 saturated carbocycles. The summed E-state index contributed by atoms with van der Waals surface area (Å²) in [6.45, 7) is 0.946. The molecule has 24 heavy (non-hydrogen) atoms. The van der Waals surface area contributed by atoms with E-state index < -0.39 is 15.7 Å². The Labute approximate surface area is 143 Å². The number of hydrogen-bond acceptors (Lipinski definition) is 6. The summed E-state index contributed by atoms with van der Waals surface area (Å²) in [5, 5.41) is 3.98. The van der Waals surface area contributed by atoms with Gasteiger partial charge in [-0.1, -0.05) is 10.6 Å². The lowest BCUT2D eigenvalue weighted by Gasteiger charge is -2.31. The van der Waals surface area contributed by atoms with Crippen molar-refractivity contribution < 1.29 is 17.6 Å². The highest BCUT2D eigenvalue weighted by Crippen LogP contribution is 2.33. The molecule has 0 N–H and O–H groups in total. The summed E-state index contributed by atoms with van der Waals surface area (Å²) in [5.41, 5.74) is 0.820. The number of carbonyl (C=O) groups excluding carboxylic acids is 1. The van der Waals surface area contributed by atoms with E-state index >= 15 is 0 Å². The van der Waals surface area contributed by atoms with Crippen LogP contribution in [-0.2, 0) is 9.84 Å². The first-order valence-corrected chi connectivity index (χ1v) is 10.1. The minimum atomic E-state index is -3.35. The number of benzene rings is 1. The molecule has 2 heterocycles. The van der Waals surface area contributed by atoms with E-state index in [1.807, 2.05) is 0 Å². The van der Waals surface area contributed by atoms with Crippen LogP contribution in [0.5, 0.6) is 0 Å². The van der Waals surface area contributed by atoms with Crippen molar-refractivity contribution >= 4 is 27.3 Å². The van der Waals surface area contributed by atoms with Gasteiger partial charge in [0.25, 0.3) is 5.91 Å². The smallest absolute Gasteiger partial charge is 0.253 e. The maximum absolute atomic E-state index is 13.3. The summed E-state index contributed by atoms with van der Waals surface area (Å²) < 4.78 is 40.8. The van der Waals surface area contributed by atoms with E-state index in [-0.39, 0.29) is 16.0 Å². The molecule has 0 aliphatic carbocycles. The zero-order chi connectivity index (χ0) is 17.3. The second-order valence-corrected chi connectivity index (χ2v) is 8.76. The second kappa shape index (κ2) is 6.56. The predicted octanol–water partition coefficient (Wildman–Crippen LogP) is 2.10. The molecule has 3 rings (SSSR count). The molecule has 0 radical (unpaired) electrons. The quantitative estimate of drug-likeness (QED) is 0.828. The van der Waals surface area contributed by atoms with E-state index in [2.05, 4.69) is 9.59 Å². The molecule has 1 aliphatic rings. The van der Waals surface area contributed by atoms with Gasteiger partial charge < -0.3 is 4.90 Å². The Morgan fingerprint density at radius 2 is 2.04 bits per heavy atom. The number of sulfone groups is 1. The van der Waals surface area contributed by atoms with Crippen molar-refractivity contribution in [2.24, 2.45) is 0 Å². The van der Waals surface area contributed by atoms with Gasteiger partial charge in [0.1, 0.15) is 5.82 Å². The summed E-state index contributed by atoms with van der Waals surface area (Å²) in [4.78, 5) is 14.1. The Morgan fingerprint density at radius 3 is 2.67 bits per heavy atom. The largest absolute Gasteiger partial charge is 0.339 e. The number of rotatable bonds is 3. The Hall–Kier alpha value is -1.87. The van der Waals surface area contributed by atoms with E-state index in [1.54, 1.807) is 11.0 Å². The van der Waals surface area contributed by atoms with Crippen molar-refractivity contribution in [3.05, 3.63) is 41.3 Å². The van der Waals surface area contributed by atoms with Crippen LogP contribution in [0, 0.1) is 5.82 Å². The number of likely N-dealkylation sites (tertiary alicyclic amines) is 1. The topological polar surface area (TPSA) is 80.2 Å². The van der Waals surface area contributed by atoms with Gasteiger partial charge >= 0.3 is 0 Å². The highest BCUT2D eigenvalue weighted by molar-refractivity contribution is 7.92. The van der Waals surface area contributed by atoms with Crippen molar-refractivity contribution in [3.63, 3.8) is 0 Å². The lowest BCUT2D eigenvalue weighted by molar-refractivity contribution is 0.0711. The fraction of sp³-hybridized carbons (Fsp3) is 0.400. The monoisotopic (exact) mass is 369 g/mol. The van der Waals surface area contributed by atoms with Crippen molar-refractivity contribution in [1.29, 1.82) is 0 Å². The predicted molar refractivity (Wildman–Crippen MR) is 87.3 cm³/mol. The highest BCUT2D eigenvalue weighted by Gasteiger charge is 2.30. The molecule has 2 aromatic rings. The van der Waals surface area contributed by atoms with Gasteiger partial charge in [0, 0.05) is 42.4 Å². The molecule has 1 aliphatic heterocycles. The average Bonchev–Trinajstić information content (AvgIpc) is 3.04. The molecule has 1 aromatic carbocycles. The Morgan fingerprint density at radius 1 is 1.33 bits per heavy atom. The van der Waals surface area contributed by atoms with Crippen LogP contribution >= 0.6 is 11.5 Å². The zero-order valence-electron chi connectivity index (χ0n) is 13.0. The second-order valence-electron chi connectivity index (χ2n) is 5.79. The van der Waals surface area contributed by atoms with Crippen LogP contribution in [0.25, 0.3) is 0 Å². The molecule has 6 nitrogen and oxygen atoms in total. The van der Waals surface area contributed by atoms with Gasteiger partial charge in [-0.2, -0.15) is 0 Å². The molecular weight excluding hydrogens is 353 g/mol. The number of nitrogens with zero attached hydrogens (tertiary/aromatic N) is 3. The van der Waals surface area contributed by atoms with Gasteiger partial charge in [-0.15, -0.1) is 5.10 Å². The first-order chi connectivity index (χ1) is 11.4. The van der Waals surface area contributed by atoms with Crippen LogP contribution in [0.15, 0.2) is 28.5 Å². The number of aromatic nitrogens is 2. The fourth-order valence-corrected chi connectivity index (χ4v) is 4.59. The van der Waals surface area contributed by atoms with Gasteiger partial charge in [-0.3, -0.25) is 4.79 Å². The zero-order valence-corrected chi connectivity index (χ0v) is 14.6. The molecule has 9 heteroatoms. The molecule has 1 aromatic heterocycles. The number of hydrogen-bond donors (Lipinski definition) is 0. The number of carbonyl (C=O) groups is 1. The van der Waals surface area contributed by atoms with Crippen molar-refractivity contribution in [3.8, 4) is 0 Å². The molecule has 1 fully saturated rings. The van der Waals surface area contributed by atoms with E-state index in [0.717, 1.165) is 17.8 Å². The molecule has 0 spiro atoms. The third-order valence-electron chi connectivity index (χ3n) is 4.06. The number of halogens is 1. The summed E-state index contributed by atoms with van der Waals surface area (Å²) in [7, 11) is -3.35. The van der Waals surface area contributed by atoms with Crippen molar-refractivity contribution in [2.45, 2.75) is 23.0 Å². The Balaban J connectivity index is 1.71. The van der Waals surface area contributed by atoms with Crippen LogP contribution in [-0.4, -0.2) is 48.2 Å². The van der Waals surface area contributed by atoms with Crippen LogP contribution in [0.2, 0.25) is 0 Å². The molecular formula is C15H16FN3O3S2. The van der Waals surface area contributed by atoms with E-state index in [4.69, 9.17) is 0 Å². The van der Waals surface area contributed by atoms with Crippen LogP contribution in [0.3, 0.4) is 0 Å². The van der Waals surface area contributed by atoms with Gasteiger partial charge in [-0.25, -0.2) is 12.8 Å². The molecule has 1 amide bonds. The third kappa shape index (κ3) is 3.46. The van der Waals surface area contributed by atoms with Crippen LogP contribution < -0.4 is 0 Å². The Bertz CT molecular complexity index is 858. The van der Waals surface area contributed by atoms with Crippen LogP contribution in [0.1, 0.15) is 34.8 Å². The van der Waals surface area contributed by atoms with E-state index in [1.165, 1.54) is 18.2 Å². The number of amides is 1. The minimum absolute atomic E-state index is 0.0370. The van der Waals surface area contributed by atoms with Gasteiger partial charge in [0.15, 0.2) is 14.0 Å². The lowest BCUT2D eigenvalue weighted by Crippen LogP contribution is -2.38. The Kier molecular flexibility index (Phi) is 4.64. The fourth-order valence-electron chi connectivity index (χ4n) is 2.86. The maximum Gasteiger partial charge on any atom is 0.253 e. The molecule has 0 bridgehead atoms. The maximum atomic E-state index is 13.3. The van der Waals surface area contributed by atoms with Gasteiger partial charge in [-0.05, 0) is 31.0 Å². The van der Waals surface area contributed by atoms with Gasteiger partial charge in [0.2, 0.25) is 0 Å². The highest BCUT2D eigenvalue weighted by atomic mass is 32.2. The van der Waals surface area contributed by atoms with E-state index in [0.29, 0.717) is 37.2 Å². The standard InChI is InChI=1S/C15H16FN3O3S2/c1-24(21,22)15-13(17-18-23-15)10-5-7-19(8-6-10)14(20)11-3-2-4-12(16)9-11/h2-4,9-10H,5-8H2,1H3.